The Labute approximate surface area is 480 Å². The molecule has 30 nitrogen and oxygen atoms in total. The van der Waals surface area contributed by atoms with Crippen molar-refractivity contribution in [2.24, 2.45) is 0 Å². The van der Waals surface area contributed by atoms with Crippen LogP contribution < -0.4 is 0 Å². The summed E-state index contributed by atoms with van der Waals surface area (Å²) in [7, 11) is 0. The van der Waals surface area contributed by atoms with Gasteiger partial charge in [0, 0.05) is 188 Å². The summed E-state index contributed by atoms with van der Waals surface area (Å²) in [6.45, 7) is -6.75. The molecule has 0 fully saturated rings. The second kappa shape index (κ2) is 45.2. The Morgan fingerprint density at radius 1 is 0.188 bits per heavy atom. The standard InChI is InChI=1S/3C10H16N2O8.4Er/c3*13-7(14)3-11(4-8(15)16)1-2-12(5-9(17)18)6-10(19)20;;;;/h3*1-6H2,(H,13,14)(H,15,16)(H,17,18)(H,19,20);;;;. The molecule has 34 heteroatoms. The van der Waals surface area contributed by atoms with E-state index in [9.17, 15) is 57.5 Å². The first kappa shape index (κ1) is 76.6. The van der Waals surface area contributed by atoms with Crippen molar-refractivity contribution in [2.45, 2.75) is 0 Å². The summed E-state index contributed by atoms with van der Waals surface area (Å²) in [5, 5.41) is 103. The second-order valence-corrected chi connectivity index (χ2v) is 12.0. The van der Waals surface area contributed by atoms with Crippen LogP contribution in [0.3, 0.4) is 0 Å². The maximum atomic E-state index is 10.6. The van der Waals surface area contributed by atoms with E-state index in [0.717, 1.165) is 29.4 Å². The predicted octanol–water partition coefficient (Wildman–Crippen LogP) is -6.21. The van der Waals surface area contributed by atoms with E-state index >= 15 is 0 Å². The van der Waals surface area contributed by atoms with Gasteiger partial charge in [0.15, 0.2) is 0 Å². The van der Waals surface area contributed by atoms with Crippen molar-refractivity contribution in [1.29, 1.82) is 0 Å². The smallest absolute Gasteiger partial charge is 0.317 e. The fourth-order valence-corrected chi connectivity index (χ4v) is 4.43. The number of hydrogen-bond acceptors (Lipinski definition) is 18. The van der Waals surface area contributed by atoms with Crippen molar-refractivity contribution in [1.82, 2.24) is 29.4 Å². The third kappa shape index (κ3) is 56.5. The molecule has 0 aromatic carbocycles. The maximum Gasteiger partial charge on any atom is 0.317 e. The van der Waals surface area contributed by atoms with Gasteiger partial charge in [-0.25, -0.2) is 0 Å². The van der Waals surface area contributed by atoms with E-state index in [1.165, 1.54) is 0 Å². The van der Waals surface area contributed by atoms with Gasteiger partial charge in [0.2, 0.25) is 0 Å². The van der Waals surface area contributed by atoms with Gasteiger partial charge in [-0.2, -0.15) is 0 Å². The van der Waals surface area contributed by atoms with Gasteiger partial charge in [0.25, 0.3) is 0 Å². The summed E-state index contributed by atoms with van der Waals surface area (Å²) in [4.78, 5) is 133. The van der Waals surface area contributed by atoms with Gasteiger partial charge in [0.1, 0.15) is 0 Å². The molecule has 0 aliphatic carbocycles. The topological polar surface area (TPSA) is 467 Å². The van der Waals surface area contributed by atoms with Crippen LogP contribution in [-0.2, 0) is 57.5 Å². The molecule has 0 rings (SSSR count). The van der Waals surface area contributed by atoms with Gasteiger partial charge in [-0.1, -0.05) is 0 Å². The summed E-state index contributed by atoms with van der Waals surface area (Å²) < 4.78 is 0. The number of carboxylic acid groups (broad SMARTS) is 12. The first-order chi connectivity index (χ1) is 27.6. The van der Waals surface area contributed by atoms with Gasteiger partial charge >= 0.3 is 71.6 Å². The van der Waals surface area contributed by atoms with Crippen LogP contribution in [0.15, 0.2) is 0 Å². The number of carbonyl (C=O) groups is 12. The number of nitrogens with zero attached hydrogens (tertiary/aromatic N) is 6. The van der Waals surface area contributed by atoms with Crippen molar-refractivity contribution in [3.63, 3.8) is 0 Å². The molecular weight excluding hydrogens is 1500 g/mol. The largest absolute Gasteiger partial charge is 0.480 e. The van der Waals surface area contributed by atoms with Gasteiger partial charge in [-0.3, -0.25) is 86.9 Å². The summed E-state index contributed by atoms with van der Waals surface area (Å²) in [6.07, 6.45) is 0. The predicted molar refractivity (Wildman–Crippen MR) is 190 cm³/mol. The molecule has 0 amide bonds. The van der Waals surface area contributed by atoms with Crippen molar-refractivity contribution in [3.05, 3.63) is 0 Å². The number of hydrogen-bond donors (Lipinski definition) is 12. The van der Waals surface area contributed by atoms with Crippen LogP contribution in [0.25, 0.3) is 0 Å². The van der Waals surface area contributed by atoms with Crippen LogP contribution in [0, 0.1) is 149 Å². The van der Waals surface area contributed by atoms with Gasteiger partial charge in [-0.15, -0.1) is 0 Å². The minimum absolute atomic E-state index is 0. The third-order valence-electron chi connectivity index (χ3n) is 6.50. The molecule has 64 heavy (non-hydrogen) atoms. The molecule has 0 aliphatic rings. The zero-order valence-corrected chi connectivity index (χ0v) is 40.2. The molecule has 12 N–H and O–H groups in total. The minimum Gasteiger partial charge on any atom is -0.480 e. The van der Waals surface area contributed by atoms with E-state index in [0.29, 0.717) is 0 Å². The Balaban J connectivity index is -0.000000148. The molecule has 0 bridgehead atoms. The monoisotopic (exact) mass is 1540 g/mol. The van der Waals surface area contributed by atoms with Crippen molar-refractivity contribution in [2.75, 3.05) is 118 Å². The molecule has 0 heterocycles. The molecule has 0 atom stereocenters. The van der Waals surface area contributed by atoms with Crippen LogP contribution in [0.1, 0.15) is 0 Å². The molecule has 0 unspecified atom stereocenters. The van der Waals surface area contributed by atoms with Crippen LogP contribution in [0.2, 0.25) is 0 Å². The molecule has 0 aromatic heterocycles. The summed E-state index contributed by atoms with van der Waals surface area (Å²) in [5.74, 6) is -14.7. The Morgan fingerprint density at radius 2 is 0.250 bits per heavy atom. The Morgan fingerprint density at radius 3 is 0.297 bits per heavy atom. The first-order valence-electron chi connectivity index (χ1n) is 16.6. The second-order valence-electron chi connectivity index (χ2n) is 12.0. The van der Waals surface area contributed by atoms with Gasteiger partial charge < -0.3 is 61.3 Å². The Bertz CT molecular complexity index is 1140. The van der Waals surface area contributed by atoms with Crippen molar-refractivity contribution in [3.8, 4) is 0 Å². The summed E-state index contributed by atoms with van der Waals surface area (Å²) >= 11 is 0. The Hall–Kier alpha value is -1.61. The number of aliphatic carboxylic acids is 12. The molecule has 0 saturated carbocycles. The molecule has 0 aliphatic heterocycles. The van der Waals surface area contributed by atoms with Crippen LogP contribution >= 0.6 is 0 Å². The number of rotatable bonds is 33. The molecule has 390 valence electrons. The minimum atomic E-state index is -1.23. The average molecular weight is 1550 g/mol. The molecule has 0 spiro atoms. The van der Waals surface area contributed by atoms with Gasteiger partial charge in [0.05, 0.1) is 78.5 Å². The first-order valence-corrected chi connectivity index (χ1v) is 16.6. The Kier molecular flexibility index (Phi) is 54.1. The third-order valence-corrected chi connectivity index (χ3v) is 6.50. The van der Waals surface area contributed by atoms with E-state index in [2.05, 4.69) is 0 Å². The van der Waals surface area contributed by atoms with E-state index < -0.39 is 150 Å². The number of carboxylic acids is 12. The van der Waals surface area contributed by atoms with E-state index in [1.54, 1.807) is 0 Å². The zero-order chi connectivity index (χ0) is 47.1. The van der Waals surface area contributed by atoms with Crippen molar-refractivity contribution < 1.29 is 268 Å². The van der Waals surface area contributed by atoms with E-state index in [1.807, 2.05) is 0 Å². The molecule has 0 aromatic rings. The van der Waals surface area contributed by atoms with Crippen LogP contribution in [0.4, 0.5) is 0 Å². The quantitative estimate of drug-likeness (QED) is 0.0291. The average Bonchev–Trinajstić information content (AvgIpc) is 3.02. The van der Waals surface area contributed by atoms with Crippen LogP contribution in [0.5, 0.6) is 0 Å². The maximum absolute atomic E-state index is 10.6. The SMILES string of the molecule is O=C(O)CN(CCN(CC(=O)O)CC(=O)O)CC(=O)O.O=C(O)CN(CCN(CC(=O)O)CC(=O)O)CC(=O)O.O=C(O)CN(CCN(CC(=O)O)CC(=O)O)CC(=O)O.[Er].[Er].[Er].[Er]. The zero-order valence-electron chi connectivity index (χ0n) is 32.8. The van der Waals surface area contributed by atoms with E-state index in [-0.39, 0.29) is 188 Å². The molecule has 0 saturated heterocycles. The van der Waals surface area contributed by atoms with Crippen molar-refractivity contribution >= 4 is 71.6 Å². The summed E-state index contributed by atoms with van der Waals surface area (Å²) in [6, 6.07) is 0. The van der Waals surface area contributed by atoms with Gasteiger partial charge in [-0.05, 0) is 0 Å². The fourth-order valence-electron chi connectivity index (χ4n) is 4.43. The normalized spacial score (nSPS) is 10.0. The summed E-state index contributed by atoms with van der Waals surface area (Å²) in [5.41, 5.74) is 0. The van der Waals surface area contributed by atoms with E-state index in [4.69, 9.17) is 61.3 Å². The molecular formula is C30H48Er4N6O24. The fraction of sp³-hybridized carbons (Fsp3) is 0.600. The molecule has 0 radical (unpaired) electrons. The van der Waals surface area contributed by atoms with Crippen LogP contribution in [-0.4, -0.2) is 280 Å².